The lowest BCUT2D eigenvalue weighted by Gasteiger charge is -2.11. The summed E-state index contributed by atoms with van der Waals surface area (Å²) in [5.74, 6) is -0.904. The standard InChI is InChI=1S/C24H20N4O3/c29-22(27-20-7-5-19(6-8-20)24(10-11-24)23(30)31)13-16-1-3-17(4-2-16)18-9-12-28-21(14-18)25-15-26-28/h1-9,12,14-15H,10-11,13H2,(H,27,29)(H,30,31). The second-order valence-corrected chi connectivity index (χ2v) is 7.86. The Labute approximate surface area is 178 Å². The number of anilines is 1. The molecule has 0 radical (unpaired) electrons. The Morgan fingerprint density at radius 3 is 2.42 bits per heavy atom. The molecule has 0 aliphatic heterocycles. The van der Waals surface area contributed by atoms with E-state index in [4.69, 9.17) is 0 Å². The van der Waals surface area contributed by atoms with E-state index in [1.807, 2.05) is 42.6 Å². The van der Waals surface area contributed by atoms with E-state index in [2.05, 4.69) is 15.4 Å². The number of nitrogens with zero attached hydrogens (tertiary/aromatic N) is 3. The molecule has 1 aliphatic rings. The van der Waals surface area contributed by atoms with Gasteiger partial charge in [-0.1, -0.05) is 36.4 Å². The van der Waals surface area contributed by atoms with E-state index in [0.717, 1.165) is 27.9 Å². The number of pyridine rings is 1. The molecule has 1 fully saturated rings. The Kier molecular flexibility index (Phi) is 4.51. The molecule has 154 valence electrons. The van der Waals surface area contributed by atoms with Gasteiger partial charge in [-0.25, -0.2) is 9.50 Å². The lowest BCUT2D eigenvalue weighted by Crippen LogP contribution is -2.19. The predicted octanol–water partition coefficient (Wildman–Crippen LogP) is 3.69. The molecule has 0 saturated heterocycles. The van der Waals surface area contributed by atoms with Crippen LogP contribution >= 0.6 is 0 Å². The van der Waals surface area contributed by atoms with Crippen molar-refractivity contribution in [3.8, 4) is 11.1 Å². The molecular formula is C24H20N4O3. The lowest BCUT2D eigenvalue weighted by atomic mass is 9.96. The summed E-state index contributed by atoms with van der Waals surface area (Å²) in [6, 6.07) is 18.9. The second-order valence-electron chi connectivity index (χ2n) is 7.86. The average molecular weight is 412 g/mol. The number of benzene rings is 2. The van der Waals surface area contributed by atoms with Crippen molar-refractivity contribution >= 4 is 23.2 Å². The van der Waals surface area contributed by atoms with E-state index in [-0.39, 0.29) is 12.3 Å². The summed E-state index contributed by atoms with van der Waals surface area (Å²) in [5.41, 5.74) is 4.48. The zero-order valence-corrected chi connectivity index (χ0v) is 16.7. The van der Waals surface area contributed by atoms with Crippen molar-refractivity contribution in [2.45, 2.75) is 24.7 Å². The van der Waals surface area contributed by atoms with Gasteiger partial charge in [-0.2, -0.15) is 5.10 Å². The summed E-state index contributed by atoms with van der Waals surface area (Å²) in [5, 5.41) is 16.4. The minimum atomic E-state index is -0.783. The van der Waals surface area contributed by atoms with Crippen LogP contribution in [0, 0.1) is 0 Å². The van der Waals surface area contributed by atoms with Gasteiger partial charge in [0.05, 0.1) is 11.8 Å². The summed E-state index contributed by atoms with van der Waals surface area (Å²) in [6.45, 7) is 0. The molecule has 0 bridgehead atoms. The van der Waals surface area contributed by atoms with Crippen molar-refractivity contribution in [3.05, 3.63) is 84.3 Å². The fourth-order valence-electron chi connectivity index (χ4n) is 3.82. The monoisotopic (exact) mass is 412 g/mol. The molecule has 2 aromatic heterocycles. The number of nitrogens with one attached hydrogen (secondary N) is 1. The van der Waals surface area contributed by atoms with Crippen molar-refractivity contribution in [1.82, 2.24) is 14.6 Å². The highest BCUT2D eigenvalue weighted by Gasteiger charge is 2.51. The van der Waals surface area contributed by atoms with Gasteiger partial charge in [0.2, 0.25) is 5.91 Å². The van der Waals surface area contributed by atoms with Crippen LogP contribution in [0.4, 0.5) is 5.69 Å². The van der Waals surface area contributed by atoms with Gasteiger partial charge < -0.3 is 10.4 Å². The maximum absolute atomic E-state index is 12.4. The van der Waals surface area contributed by atoms with Crippen LogP contribution in [0.5, 0.6) is 0 Å². The van der Waals surface area contributed by atoms with Crippen LogP contribution in [-0.4, -0.2) is 31.6 Å². The number of aliphatic carboxylic acids is 1. The van der Waals surface area contributed by atoms with Gasteiger partial charge in [-0.3, -0.25) is 9.59 Å². The van der Waals surface area contributed by atoms with Crippen molar-refractivity contribution in [3.63, 3.8) is 0 Å². The Hall–Kier alpha value is -4.00. The topological polar surface area (TPSA) is 96.6 Å². The number of hydrogen-bond donors (Lipinski definition) is 2. The van der Waals surface area contributed by atoms with Gasteiger partial charge in [0.15, 0.2) is 5.65 Å². The summed E-state index contributed by atoms with van der Waals surface area (Å²) >= 11 is 0. The van der Waals surface area contributed by atoms with Crippen molar-refractivity contribution in [1.29, 1.82) is 0 Å². The third kappa shape index (κ3) is 3.66. The quantitative estimate of drug-likeness (QED) is 0.503. The smallest absolute Gasteiger partial charge is 0.314 e. The zero-order valence-electron chi connectivity index (χ0n) is 16.7. The van der Waals surface area contributed by atoms with Crippen molar-refractivity contribution < 1.29 is 14.7 Å². The highest BCUT2D eigenvalue weighted by atomic mass is 16.4. The summed E-state index contributed by atoms with van der Waals surface area (Å²) in [4.78, 5) is 28.1. The molecular weight excluding hydrogens is 392 g/mol. The molecule has 5 rings (SSSR count). The second kappa shape index (κ2) is 7.36. The summed E-state index contributed by atoms with van der Waals surface area (Å²) in [6.07, 6.45) is 4.97. The normalized spacial score (nSPS) is 14.3. The van der Waals surface area contributed by atoms with E-state index in [0.29, 0.717) is 18.5 Å². The highest BCUT2D eigenvalue weighted by Crippen LogP contribution is 2.48. The predicted molar refractivity (Wildman–Crippen MR) is 116 cm³/mol. The molecule has 4 aromatic rings. The average Bonchev–Trinajstić information content (AvgIpc) is 3.46. The molecule has 7 nitrogen and oxygen atoms in total. The van der Waals surface area contributed by atoms with Crippen LogP contribution in [0.25, 0.3) is 16.8 Å². The summed E-state index contributed by atoms with van der Waals surface area (Å²) < 4.78 is 1.71. The number of carbonyl (C=O) groups is 2. The van der Waals surface area contributed by atoms with Crippen molar-refractivity contribution in [2.75, 3.05) is 5.32 Å². The first-order valence-corrected chi connectivity index (χ1v) is 10.1. The first-order chi connectivity index (χ1) is 15.0. The Morgan fingerprint density at radius 2 is 1.74 bits per heavy atom. The maximum Gasteiger partial charge on any atom is 0.314 e. The number of aromatic nitrogens is 3. The van der Waals surface area contributed by atoms with Gasteiger partial charge in [0, 0.05) is 11.9 Å². The Morgan fingerprint density at radius 1 is 1.00 bits per heavy atom. The van der Waals surface area contributed by atoms with Gasteiger partial charge in [0.25, 0.3) is 0 Å². The first-order valence-electron chi connectivity index (χ1n) is 10.1. The third-order valence-corrected chi connectivity index (χ3v) is 5.81. The minimum absolute atomic E-state index is 0.121. The number of carbonyl (C=O) groups excluding carboxylic acids is 1. The van der Waals surface area contributed by atoms with Gasteiger partial charge in [0.1, 0.15) is 6.33 Å². The van der Waals surface area contributed by atoms with E-state index in [1.165, 1.54) is 6.33 Å². The molecule has 0 spiro atoms. The molecule has 1 saturated carbocycles. The fourth-order valence-corrected chi connectivity index (χ4v) is 3.82. The van der Waals surface area contributed by atoms with E-state index in [9.17, 15) is 14.7 Å². The van der Waals surface area contributed by atoms with Gasteiger partial charge in [-0.15, -0.1) is 0 Å². The third-order valence-electron chi connectivity index (χ3n) is 5.81. The van der Waals surface area contributed by atoms with Crippen LogP contribution in [0.1, 0.15) is 24.0 Å². The zero-order chi connectivity index (χ0) is 21.4. The highest BCUT2D eigenvalue weighted by molar-refractivity contribution is 5.92. The van der Waals surface area contributed by atoms with Crippen LogP contribution < -0.4 is 5.32 Å². The number of hydrogen-bond acceptors (Lipinski definition) is 4. The first kappa shape index (κ1) is 19.0. The van der Waals surface area contributed by atoms with Gasteiger partial charge >= 0.3 is 5.97 Å². The van der Waals surface area contributed by atoms with E-state index in [1.54, 1.807) is 28.8 Å². The minimum Gasteiger partial charge on any atom is -0.481 e. The van der Waals surface area contributed by atoms with Crippen LogP contribution in [0.15, 0.2) is 73.2 Å². The molecule has 2 heterocycles. The largest absolute Gasteiger partial charge is 0.481 e. The van der Waals surface area contributed by atoms with E-state index < -0.39 is 11.4 Å². The molecule has 2 N–H and O–H groups in total. The SMILES string of the molecule is O=C(Cc1ccc(-c2ccn3ncnc3c2)cc1)Nc1ccc(C2(C(=O)O)CC2)cc1. The molecule has 7 heteroatoms. The molecule has 2 aromatic carbocycles. The number of fused-ring (bicyclic) bond motifs is 1. The van der Waals surface area contributed by atoms with Crippen LogP contribution in [0.2, 0.25) is 0 Å². The summed E-state index contributed by atoms with van der Waals surface area (Å²) in [7, 11) is 0. The van der Waals surface area contributed by atoms with E-state index >= 15 is 0 Å². The molecule has 31 heavy (non-hydrogen) atoms. The number of amides is 1. The van der Waals surface area contributed by atoms with Crippen LogP contribution in [0.3, 0.4) is 0 Å². The lowest BCUT2D eigenvalue weighted by molar-refractivity contribution is -0.140. The molecule has 1 amide bonds. The molecule has 0 atom stereocenters. The van der Waals surface area contributed by atoms with Crippen LogP contribution in [-0.2, 0) is 21.4 Å². The maximum atomic E-state index is 12.4. The molecule has 1 aliphatic carbocycles. The van der Waals surface area contributed by atoms with Crippen molar-refractivity contribution in [2.24, 2.45) is 0 Å². The molecule has 0 unspecified atom stereocenters. The Bertz CT molecular complexity index is 1270. The number of rotatable bonds is 6. The van der Waals surface area contributed by atoms with Gasteiger partial charge in [-0.05, 0) is 59.4 Å². The number of carboxylic acid groups (broad SMARTS) is 1. The Balaban J connectivity index is 1.23. The number of carboxylic acids is 1. The fraction of sp³-hybridized carbons (Fsp3) is 0.167.